The third-order valence-electron chi connectivity index (χ3n) is 2.62. The van der Waals surface area contributed by atoms with Crippen LogP contribution in [0.1, 0.15) is 16.7 Å². The molecule has 0 spiro atoms. The fourth-order valence-corrected chi connectivity index (χ4v) is 1.65. The van der Waals surface area contributed by atoms with Gasteiger partial charge in [-0.1, -0.05) is 60.2 Å². The predicted molar refractivity (Wildman–Crippen MR) is 68.2 cm³/mol. The number of halogens is 1. The van der Waals surface area contributed by atoms with Crippen molar-refractivity contribution in [3.8, 4) is 0 Å². The van der Waals surface area contributed by atoms with Crippen LogP contribution in [0.4, 0.5) is 0 Å². The molecule has 2 rings (SSSR count). The van der Waals surface area contributed by atoms with E-state index in [4.69, 9.17) is 0 Å². The van der Waals surface area contributed by atoms with Gasteiger partial charge in [-0.15, -0.1) is 0 Å². The molecular weight excluding hydrogens is 230 g/mol. The Labute approximate surface area is 109 Å². The molecule has 0 aromatic heterocycles. The summed E-state index contributed by atoms with van der Waals surface area (Å²) in [5.41, 5.74) is 3.97. The molecule has 1 N–H and O–H groups in total. The van der Waals surface area contributed by atoms with Crippen LogP contribution in [0.2, 0.25) is 0 Å². The molecule has 0 aliphatic carbocycles. The number of rotatable bonds is 4. The summed E-state index contributed by atoms with van der Waals surface area (Å²) in [6.45, 7) is 3.96. The zero-order valence-electron chi connectivity index (χ0n) is 9.99. The van der Waals surface area contributed by atoms with Gasteiger partial charge in [0.2, 0.25) is 0 Å². The van der Waals surface area contributed by atoms with Crippen LogP contribution >= 0.6 is 0 Å². The number of benzene rings is 2. The van der Waals surface area contributed by atoms with Crippen molar-refractivity contribution in [2.45, 2.75) is 20.0 Å². The largest absolute Gasteiger partial charge is 1.00 e. The summed E-state index contributed by atoms with van der Waals surface area (Å²) < 4.78 is 0. The number of hydrogen-bond donors (Lipinski definition) is 1. The van der Waals surface area contributed by atoms with Crippen LogP contribution in [-0.2, 0) is 13.1 Å². The molecule has 0 atom stereocenters. The van der Waals surface area contributed by atoms with Gasteiger partial charge in [0.25, 0.3) is 0 Å². The van der Waals surface area contributed by atoms with E-state index >= 15 is 0 Å². The molecule has 0 radical (unpaired) electrons. The van der Waals surface area contributed by atoms with Crippen LogP contribution in [0.3, 0.4) is 0 Å². The van der Waals surface area contributed by atoms with Crippen molar-refractivity contribution in [3.05, 3.63) is 71.3 Å². The molecule has 17 heavy (non-hydrogen) atoms. The Morgan fingerprint density at radius 1 is 0.765 bits per heavy atom. The van der Waals surface area contributed by atoms with Gasteiger partial charge in [0.05, 0.1) is 0 Å². The summed E-state index contributed by atoms with van der Waals surface area (Å²) >= 11 is 0. The summed E-state index contributed by atoms with van der Waals surface area (Å²) in [5, 5.41) is 3.44. The first kappa shape index (κ1) is 13.8. The molecule has 0 aliphatic rings. The number of aryl methyl sites for hydroxylation is 1. The topological polar surface area (TPSA) is 12.0 Å². The SMILES string of the molecule is Cc1ccc(CNCc2ccccc2)cc1.[Cl-]. The van der Waals surface area contributed by atoms with Gasteiger partial charge in [-0.2, -0.15) is 0 Å². The van der Waals surface area contributed by atoms with Crippen molar-refractivity contribution in [1.29, 1.82) is 0 Å². The van der Waals surface area contributed by atoms with E-state index in [9.17, 15) is 0 Å². The molecule has 0 amide bonds. The standard InChI is InChI=1S/C15H17N.ClH/c1-13-7-9-15(10-8-13)12-16-11-14-5-3-2-4-6-14;/h2-10,16H,11-12H2,1H3;1H/p-1. The van der Waals surface area contributed by atoms with E-state index in [0.717, 1.165) is 13.1 Å². The van der Waals surface area contributed by atoms with E-state index in [2.05, 4.69) is 60.8 Å². The highest BCUT2D eigenvalue weighted by atomic mass is 35.5. The zero-order chi connectivity index (χ0) is 11.2. The summed E-state index contributed by atoms with van der Waals surface area (Å²) in [6.07, 6.45) is 0. The fourth-order valence-electron chi connectivity index (χ4n) is 1.65. The van der Waals surface area contributed by atoms with E-state index in [1.54, 1.807) is 0 Å². The van der Waals surface area contributed by atoms with Crippen molar-refractivity contribution in [2.24, 2.45) is 0 Å². The second kappa shape index (κ2) is 7.10. The van der Waals surface area contributed by atoms with E-state index in [0.29, 0.717) is 0 Å². The molecular formula is C15H17ClN-. The van der Waals surface area contributed by atoms with Crippen LogP contribution < -0.4 is 17.7 Å². The van der Waals surface area contributed by atoms with Crippen LogP contribution in [0.5, 0.6) is 0 Å². The van der Waals surface area contributed by atoms with Crippen LogP contribution in [0.25, 0.3) is 0 Å². The van der Waals surface area contributed by atoms with Crippen molar-refractivity contribution >= 4 is 0 Å². The highest BCUT2D eigenvalue weighted by Crippen LogP contribution is 2.03. The predicted octanol–water partition coefficient (Wildman–Crippen LogP) is 0.289. The minimum absolute atomic E-state index is 0. The van der Waals surface area contributed by atoms with Gasteiger partial charge >= 0.3 is 0 Å². The first-order valence-electron chi connectivity index (χ1n) is 5.65. The Hall–Kier alpha value is -1.31. The van der Waals surface area contributed by atoms with E-state index in [1.165, 1.54) is 16.7 Å². The second-order valence-electron chi connectivity index (χ2n) is 4.07. The lowest BCUT2D eigenvalue weighted by atomic mass is 10.1. The van der Waals surface area contributed by atoms with Gasteiger partial charge in [0.15, 0.2) is 0 Å². The third kappa shape index (κ3) is 4.59. The zero-order valence-corrected chi connectivity index (χ0v) is 10.7. The normalized spacial score (nSPS) is 9.71. The Morgan fingerprint density at radius 2 is 1.29 bits per heavy atom. The first-order valence-corrected chi connectivity index (χ1v) is 5.65. The van der Waals surface area contributed by atoms with Crippen LogP contribution in [0, 0.1) is 6.92 Å². The van der Waals surface area contributed by atoms with Gasteiger partial charge < -0.3 is 17.7 Å². The molecule has 1 nitrogen and oxygen atoms in total. The lowest BCUT2D eigenvalue weighted by Crippen LogP contribution is -3.00. The summed E-state index contributed by atoms with van der Waals surface area (Å²) in [7, 11) is 0. The second-order valence-corrected chi connectivity index (χ2v) is 4.07. The maximum absolute atomic E-state index is 3.44. The summed E-state index contributed by atoms with van der Waals surface area (Å²) in [4.78, 5) is 0. The fraction of sp³-hybridized carbons (Fsp3) is 0.200. The number of hydrogen-bond acceptors (Lipinski definition) is 1. The van der Waals surface area contributed by atoms with Gasteiger partial charge in [-0.3, -0.25) is 0 Å². The Bertz CT molecular complexity index is 422. The minimum Gasteiger partial charge on any atom is -1.00 e. The quantitative estimate of drug-likeness (QED) is 0.818. The van der Waals surface area contributed by atoms with Gasteiger partial charge in [0.1, 0.15) is 0 Å². The Balaban J connectivity index is 0.00000144. The van der Waals surface area contributed by atoms with Crippen LogP contribution in [-0.4, -0.2) is 0 Å². The third-order valence-corrected chi connectivity index (χ3v) is 2.62. The lowest BCUT2D eigenvalue weighted by Gasteiger charge is -2.05. The summed E-state index contributed by atoms with van der Waals surface area (Å²) in [5.74, 6) is 0. The average molecular weight is 247 g/mol. The maximum Gasteiger partial charge on any atom is 0.0208 e. The van der Waals surface area contributed by atoms with Gasteiger partial charge in [-0.05, 0) is 18.1 Å². The Kier molecular flexibility index (Phi) is 5.75. The van der Waals surface area contributed by atoms with Crippen molar-refractivity contribution in [2.75, 3.05) is 0 Å². The minimum atomic E-state index is 0. The van der Waals surface area contributed by atoms with E-state index in [-0.39, 0.29) is 12.4 Å². The molecule has 2 heteroatoms. The monoisotopic (exact) mass is 246 g/mol. The molecule has 2 aromatic rings. The highest BCUT2D eigenvalue weighted by molar-refractivity contribution is 5.21. The smallest absolute Gasteiger partial charge is 0.0208 e. The van der Waals surface area contributed by atoms with E-state index in [1.807, 2.05) is 6.07 Å². The van der Waals surface area contributed by atoms with E-state index < -0.39 is 0 Å². The average Bonchev–Trinajstić information content (AvgIpc) is 2.33. The number of nitrogens with one attached hydrogen (secondary N) is 1. The summed E-state index contributed by atoms with van der Waals surface area (Å²) in [6, 6.07) is 19.1. The molecule has 0 unspecified atom stereocenters. The highest BCUT2D eigenvalue weighted by Gasteiger charge is 1.93. The molecule has 0 saturated heterocycles. The first-order chi connectivity index (χ1) is 7.84. The van der Waals surface area contributed by atoms with Gasteiger partial charge in [0, 0.05) is 13.1 Å². The van der Waals surface area contributed by atoms with Crippen molar-refractivity contribution in [3.63, 3.8) is 0 Å². The molecule has 0 aliphatic heterocycles. The van der Waals surface area contributed by atoms with Gasteiger partial charge in [-0.25, -0.2) is 0 Å². The molecule has 0 fully saturated rings. The van der Waals surface area contributed by atoms with Crippen LogP contribution in [0.15, 0.2) is 54.6 Å². The molecule has 0 saturated carbocycles. The Morgan fingerprint density at radius 3 is 1.88 bits per heavy atom. The molecule has 0 bridgehead atoms. The van der Waals surface area contributed by atoms with Crippen molar-refractivity contribution in [1.82, 2.24) is 5.32 Å². The maximum atomic E-state index is 3.44. The molecule has 2 aromatic carbocycles. The molecule has 0 heterocycles. The van der Waals surface area contributed by atoms with Crippen molar-refractivity contribution < 1.29 is 12.4 Å². The lowest BCUT2D eigenvalue weighted by molar-refractivity contribution is -0.00000334. The molecule has 90 valence electrons.